The third-order valence-corrected chi connectivity index (χ3v) is 8.67. The Hall–Kier alpha value is -1.77. The van der Waals surface area contributed by atoms with Crippen LogP contribution in [0.3, 0.4) is 0 Å². The van der Waals surface area contributed by atoms with Crippen molar-refractivity contribution in [2.75, 3.05) is 13.2 Å². The number of carbonyl (C=O) groups excluding carboxylic acids is 2. The predicted molar refractivity (Wildman–Crippen MR) is 199 cm³/mol. The van der Waals surface area contributed by atoms with E-state index < -0.39 is 38.6 Å². The number of aliphatic hydroxyl groups excluding tert-OH is 1. The maximum Gasteiger partial charge on any atom is 0.469 e. The average Bonchev–Trinajstić information content (AvgIpc) is 3.04. The Kier molecular flexibility index (Phi) is 32.2. The van der Waals surface area contributed by atoms with E-state index in [2.05, 4.69) is 31.4 Å². The lowest BCUT2D eigenvalue weighted by Crippen LogP contribution is -2.29. The number of unbranched alkanes of at least 4 members (excludes halogenated alkanes) is 16. The van der Waals surface area contributed by atoms with Crippen LogP contribution in [0.4, 0.5) is 0 Å². The summed E-state index contributed by atoms with van der Waals surface area (Å²) in [6.07, 6.45) is 33.4. The fraction of sp³-hybridized carbons (Fsp3) is 0.795. The van der Waals surface area contributed by atoms with Crippen LogP contribution >= 0.6 is 7.82 Å². The minimum atomic E-state index is -4.77. The SMILES string of the molecule is CC/C=C/CC(O)/C=C/C=C/CCCCCCCC(=O)OC[C@H](COP(=O)(O)O)OC(=O)CCCCCCCCCCCCCCC(C)C. The van der Waals surface area contributed by atoms with Crippen LogP contribution in [0.25, 0.3) is 0 Å². The first-order valence-corrected chi connectivity index (χ1v) is 20.8. The van der Waals surface area contributed by atoms with Crippen molar-refractivity contribution in [2.45, 2.75) is 181 Å². The highest BCUT2D eigenvalue weighted by atomic mass is 31.2. The Morgan fingerprint density at radius 1 is 0.673 bits per heavy atom. The Morgan fingerprint density at radius 2 is 1.20 bits per heavy atom. The highest BCUT2D eigenvalue weighted by Gasteiger charge is 2.22. The number of phosphoric acid groups is 1. The smallest absolute Gasteiger partial charge is 0.462 e. The first-order chi connectivity index (χ1) is 23.5. The molecule has 49 heavy (non-hydrogen) atoms. The molecule has 0 aliphatic rings. The number of carbonyl (C=O) groups is 2. The molecular weight excluding hydrogens is 643 g/mol. The van der Waals surface area contributed by atoms with Gasteiger partial charge in [0, 0.05) is 12.8 Å². The minimum absolute atomic E-state index is 0.198. The van der Waals surface area contributed by atoms with E-state index in [0.717, 1.165) is 63.7 Å². The number of aliphatic hydroxyl groups is 1. The lowest BCUT2D eigenvalue weighted by Gasteiger charge is -2.18. The lowest BCUT2D eigenvalue weighted by molar-refractivity contribution is -0.161. The normalized spacial score (nSPS) is 13.6. The van der Waals surface area contributed by atoms with Crippen molar-refractivity contribution in [3.05, 3.63) is 36.5 Å². The molecule has 0 aliphatic heterocycles. The first kappa shape index (κ1) is 47.2. The van der Waals surface area contributed by atoms with E-state index in [0.29, 0.717) is 19.3 Å². The zero-order valence-corrected chi connectivity index (χ0v) is 32.0. The number of ether oxygens (including phenoxy) is 2. The van der Waals surface area contributed by atoms with E-state index in [1.165, 1.54) is 57.8 Å². The summed E-state index contributed by atoms with van der Waals surface area (Å²) in [6, 6.07) is 0. The molecule has 9 nitrogen and oxygen atoms in total. The van der Waals surface area contributed by atoms with Gasteiger partial charge in [0.05, 0.1) is 12.7 Å². The van der Waals surface area contributed by atoms with E-state index >= 15 is 0 Å². The van der Waals surface area contributed by atoms with Crippen molar-refractivity contribution >= 4 is 19.8 Å². The van der Waals surface area contributed by atoms with E-state index in [4.69, 9.17) is 19.3 Å². The van der Waals surface area contributed by atoms with Gasteiger partial charge in [-0.3, -0.25) is 14.1 Å². The standard InChI is InChI=1S/C39H71O9P/c1-4-5-23-29-36(40)30-25-20-16-12-10-14-17-21-26-31-38(41)46-33-37(34-47-49(43,44)45)48-39(42)32-27-22-18-13-9-7-6-8-11-15-19-24-28-35(2)3/h5,16,20,23,25,30,35-37,40H,4,6-15,17-19,21-22,24,26-29,31-34H2,1-3H3,(H2,43,44,45)/b20-16+,23-5+,30-25+/t36?,37-/m1/s1. The zero-order valence-electron chi connectivity index (χ0n) is 31.1. The van der Waals surface area contributed by atoms with E-state index in [1.54, 1.807) is 6.08 Å². The van der Waals surface area contributed by atoms with Crippen LogP contribution in [0.15, 0.2) is 36.5 Å². The van der Waals surface area contributed by atoms with Crippen LogP contribution in [0.2, 0.25) is 0 Å². The van der Waals surface area contributed by atoms with Crippen molar-refractivity contribution in [1.82, 2.24) is 0 Å². The molecule has 0 spiro atoms. The summed E-state index contributed by atoms with van der Waals surface area (Å²) in [4.78, 5) is 42.7. The Morgan fingerprint density at radius 3 is 1.76 bits per heavy atom. The minimum Gasteiger partial charge on any atom is -0.462 e. The van der Waals surface area contributed by atoms with Gasteiger partial charge in [-0.15, -0.1) is 0 Å². The van der Waals surface area contributed by atoms with Crippen molar-refractivity contribution in [2.24, 2.45) is 5.92 Å². The van der Waals surface area contributed by atoms with Gasteiger partial charge in [-0.05, 0) is 44.4 Å². The predicted octanol–water partition coefficient (Wildman–Crippen LogP) is 10.2. The number of phosphoric ester groups is 1. The quantitative estimate of drug-likeness (QED) is 0.0195. The van der Waals surface area contributed by atoms with Gasteiger partial charge in [-0.25, -0.2) is 4.57 Å². The van der Waals surface area contributed by atoms with Crippen LogP contribution in [0, 0.1) is 5.92 Å². The van der Waals surface area contributed by atoms with Crippen LogP contribution in [0.5, 0.6) is 0 Å². The average molecular weight is 715 g/mol. The van der Waals surface area contributed by atoms with E-state index in [1.807, 2.05) is 24.3 Å². The molecule has 0 bridgehead atoms. The second-order valence-corrected chi connectivity index (χ2v) is 14.8. The number of allylic oxidation sites excluding steroid dienone is 4. The second-order valence-electron chi connectivity index (χ2n) is 13.6. The molecule has 0 aromatic heterocycles. The van der Waals surface area contributed by atoms with E-state index in [9.17, 15) is 19.3 Å². The summed E-state index contributed by atoms with van der Waals surface area (Å²) in [5, 5.41) is 9.82. The third-order valence-electron chi connectivity index (χ3n) is 8.18. The largest absolute Gasteiger partial charge is 0.469 e. The maximum absolute atomic E-state index is 12.4. The Balaban J connectivity index is 4.02. The fourth-order valence-corrected chi connectivity index (χ4v) is 5.66. The monoisotopic (exact) mass is 714 g/mol. The van der Waals surface area contributed by atoms with Gasteiger partial charge in [-0.1, -0.05) is 154 Å². The molecule has 0 heterocycles. The molecule has 0 rings (SSSR count). The second kappa shape index (κ2) is 33.4. The van der Waals surface area contributed by atoms with Gasteiger partial charge in [0.15, 0.2) is 6.10 Å². The number of hydrogen-bond donors (Lipinski definition) is 3. The van der Waals surface area contributed by atoms with Gasteiger partial charge < -0.3 is 24.4 Å². The van der Waals surface area contributed by atoms with Crippen LogP contribution in [0.1, 0.15) is 168 Å². The highest BCUT2D eigenvalue weighted by Crippen LogP contribution is 2.36. The van der Waals surface area contributed by atoms with Gasteiger partial charge in [0.25, 0.3) is 0 Å². The van der Waals surface area contributed by atoms with Gasteiger partial charge in [0.2, 0.25) is 0 Å². The van der Waals surface area contributed by atoms with E-state index in [-0.39, 0.29) is 19.4 Å². The molecule has 3 N–H and O–H groups in total. The lowest BCUT2D eigenvalue weighted by atomic mass is 10.0. The summed E-state index contributed by atoms with van der Waals surface area (Å²) in [7, 11) is -4.77. The van der Waals surface area contributed by atoms with Crippen LogP contribution < -0.4 is 0 Å². The van der Waals surface area contributed by atoms with Crippen molar-refractivity contribution < 1.29 is 43.0 Å². The summed E-state index contributed by atoms with van der Waals surface area (Å²) >= 11 is 0. The summed E-state index contributed by atoms with van der Waals surface area (Å²) in [5.41, 5.74) is 0. The van der Waals surface area contributed by atoms with Gasteiger partial charge >= 0.3 is 19.8 Å². The molecule has 10 heteroatoms. The van der Waals surface area contributed by atoms with Crippen LogP contribution in [-0.2, 0) is 28.2 Å². The fourth-order valence-electron chi connectivity index (χ4n) is 5.30. The van der Waals surface area contributed by atoms with Crippen LogP contribution in [-0.4, -0.2) is 52.3 Å². The molecule has 0 aromatic carbocycles. The molecule has 286 valence electrons. The van der Waals surface area contributed by atoms with Gasteiger partial charge in [0.1, 0.15) is 6.61 Å². The molecule has 0 aromatic rings. The molecule has 0 radical (unpaired) electrons. The Labute approximate surface area is 298 Å². The molecule has 0 aliphatic carbocycles. The zero-order chi connectivity index (χ0) is 36.4. The summed E-state index contributed by atoms with van der Waals surface area (Å²) < 4.78 is 26.3. The summed E-state index contributed by atoms with van der Waals surface area (Å²) in [6.45, 7) is 5.77. The molecule has 0 fully saturated rings. The molecule has 0 saturated carbocycles. The molecule has 1 unspecified atom stereocenters. The highest BCUT2D eigenvalue weighted by molar-refractivity contribution is 7.46. The first-order valence-electron chi connectivity index (χ1n) is 19.2. The number of rotatable bonds is 34. The summed E-state index contributed by atoms with van der Waals surface area (Å²) in [5.74, 6) is -0.127. The topological polar surface area (TPSA) is 140 Å². The van der Waals surface area contributed by atoms with Crippen molar-refractivity contribution in [3.63, 3.8) is 0 Å². The third kappa shape index (κ3) is 37.3. The molecule has 2 atom stereocenters. The maximum atomic E-state index is 12.4. The van der Waals surface area contributed by atoms with Crippen molar-refractivity contribution in [3.8, 4) is 0 Å². The number of esters is 2. The van der Waals surface area contributed by atoms with Gasteiger partial charge in [-0.2, -0.15) is 0 Å². The molecule has 0 amide bonds. The Bertz CT molecular complexity index is 925. The molecular formula is C39H71O9P. The molecule has 0 saturated heterocycles. The van der Waals surface area contributed by atoms with Crippen molar-refractivity contribution in [1.29, 1.82) is 0 Å². The number of hydrogen-bond acceptors (Lipinski definition) is 7.